The van der Waals surface area contributed by atoms with E-state index in [0.29, 0.717) is 6.07 Å². The number of ether oxygens (including phenoxy) is 1. The number of pyridine rings is 1. The Morgan fingerprint density at radius 1 is 1.43 bits per heavy atom. The number of halogens is 3. The predicted molar refractivity (Wildman–Crippen MR) is 66.0 cm³/mol. The lowest BCUT2D eigenvalue weighted by Crippen LogP contribution is -2.16. The quantitative estimate of drug-likeness (QED) is 0.491. The van der Waals surface area contributed by atoms with Crippen LogP contribution in [0.4, 0.5) is 19.0 Å². The van der Waals surface area contributed by atoms with Crippen LogP contribution in [0.3, 0.4) is 0 Å². The fourth-order valence-electron chi connectivity index (χ4n) is 1.55. The van der Waals surface area contributed by atoms with Crippen molar-refractivity contribution in [1.29, 1.82) is 0 Å². The number of aromatic hydroxyl groups is 1. The zero-order valence-corrected chi connectivity index (χ0v) is 11.2. The van der Waals surface area contributed by atoms with E-state index in [1.54, 1.807) is 0 Å². The fourth-order valence-corrected chi connectivity index (χ4v) is 1.55. The van der Waals surface area contributed by atoms with Crippen molar-refractivity contribution in [3.63, 3.8) is 0 Å². The van der Waals surface area contributed by atoms with Crippen LogP contribution in [0.1, 0.15) is 29.3 Å². The van der Waals surface area contributed by atoms with Crippen LogP contribution in [0, 0.1) is 0 Å². The van der Waals surface area contributed by atoms with Crippen molar-refractivity contribution in [2.24, 2.45) is 0 Å². The Morgan fingerprint density at radius 3 is 2.52 bits per heavy atom. The number of hydrogen-bond acceptors (Lipinski definition) is 6. The second-order valence-corrected chi connectivity index (χ2v) is 3.91. The number of esters is 1. The molecule has 0 unspecified atom stereocenters. The molecule has 9 heteroatoms. The van der Waals surface area contributed by atoms with Crippen molar-refractivity contribution in [3.05, 3.63) is 17.2 Å². The third-order valence-corrected chi connectivity index (χ3v) is 2.46. The van der Waals surface area contributed by atoms with E-state index in [1.165, 1.54) is 14.0 Å². The molecule has 1 rings (SSSR count). The highest BCUT2D eigenvalue weighted by atomic mass is 19.4. The molecule has 0 saturated heterocycles. The smallest absolute Gasteiger partial charge is 0.421 e. The number of carbonyl (C=O) groups is 2. The molecular weight excluding hydrogens is 293 g/mol. The average Bonchev–Trinajstić information content (AvgIpc) is 2.36. The van der Waals surface area contributed by atoms with Crippen molar-refractivity contribution in [3.8, 4) is 5.88 Å². The molecule has 0 atom stereocenters. The number of carbonyl (C=O) groups excluding carboxylic acids is 2. The van der Waals surface area contributed by atoms with Crippen LogP contribution in [0.15, 0.2) is 6.07 Å². The molecule has 0 saturated carbocycles. The van der Waals surface area contributed by atoms with Crippen LogP contribution in [0.25, 0.3) is 0 Å². The standard InChI is InChI=1S/C12H13F3N2O4/c1-3-21-9(19)5-8(18)6-4-7(12(13,14)15)11(20)17-10(6)16-2/h4H,3,5H2,1-2H3,(H2,16,17,20). The summed E-state index contributed by atoms with van der Waals surface area (Å²) in [6.07, 6.45) is -5.59. The number of hydrogen-bond donors (Lipinski definition) is 2. The highest BCUT2D eigenvalue weighted by molar-refractivity contribution is 6.08. The lowest BCUT2D eigenvalue weighted by molar-refractivity contribution is -0.142. The van der Waals surface area contributed by atoms with Gasteiger partial charge in [0.25, 0.3) is 0 Å². The minimum atomic E-state index is -4.87. The van der Waals surface area contributed by atoms with Gasteiger partial charge in [0.05, 0.1) is 12.2 Å². The molecule has 0 spiro atoms. The first-order valence-corrected chi connectivity index (χ1v) is 5.88. The summed E-state index contributed by atoms with van der Waals surface area (Å²) in [6.45, 7) is 1.58. The van der Waals surface area contributed by atoms with Crippen LogP contribution in [0.5, 0.6) is 5.88 Å². The van der Waals surface area contributed by atoms with E-state index in [1.807, 2.05) is 0 Å². The Hall–Kier alpha value is -2.32. The molecule has 0 bridgehead atoms. The normalized spacial score (nSPS) is 11.1. The molecule has 0 aliphatic carbocycles. The molecule has 1 heterocycles. The lowest BCUT2D eigenvalue weighted by Gasteiger charge is -2.13. The van der Waals surface area contributed by atoms with Crippen molar-refractivity contribution >= 4 is 17.6 Å². The summed E-state index contributed by atoms with van der Waals surface area (Å²) in [6, 6.07) is 0.454. The minimum absolute atomic E-state index is 0.0482. The maximum atomic E-state index is 12.7. The van der Waals surface area contributed by atoms with Gasteiger partial charge in [-0.05, 0) is 13.0 Å². The number of nitrogens with zero attached hydrogens (tertiary/aromatic N) is 1. The summed E-state index contributed by atoms with van der Waals surface area (Å²) in [5, 5.41) is 11.6. The molecule has 0 amide bonds. The Morgan fingerprint density at radius 2 is 2.05 bits per heavy atom. The fraction of sp³-hybridized carbons (Fsp3) is 0.417. The van der Waals surface area contributed by atoms with Gasteiger partial charge in [0.15, 0.2) is 5.78 Å². The van der Waals surface area contributed by atoms with E-state index in [4.69, 9.17) is 0 Å². The number of alkyl halides is 3. The van der Waals surface area contributed by atoms with Gasteiger partial charge in [-0.3, -0.25) is 9.59 Å². The monoisotopic (exact) mass is 306 g/mol. The molecule has 1 aromatic rings. The second-order valence-electron chi connectivity index (χ2n) is 3.91. The Bertz CT molecular complexity index is 558. The third-order valence-electron chi connectivity index (χ3n) is 2.46. The second kappa shape index (κ2) is 6.42. The van der Waals surface area contributed by atoms with Gasteiger partial charge in [-0.15, -0.1) is 0 Å². The topological polar surface area (TPSA) is 88.5 Å². The van der Waals surface area contributed by atoms with E-state index in [-0.39, 0.29) is 12.4 Å². The van der Waals surface area contributed by atoms with Gasteiger partial charge >= 0.3 is 12.1 Å². The summed E-state index contributed by atoms with van der Waals surface area (Å²) in [5.74, 6) is -3.25. The average molecular weight is 306 g/mol. The number of nitrogens with one attached hydrogen (secondary N) is 1. The van der Waals surface area contributed by atoms with Crippen LogP contribution in [0.2, 0.25) is 0 Å². The van der Waals surface area contributed by atoms with Crippen molar-refractivity contribution in [2.45, 2.75) is 19.5 Å². The molecular formula is C12H13F3N2O4. The highest BCUT2D eigenvalue weighted by Crippen LogP contribution is 2.36. The molecule has 0 aliphatic heterocycles. The van der Waals surface area contributed by atoms with E-state index in [0.717, 1.165) is 0 Å². The third kappa shape index (κ3) is 4.07. The number of aromatic nitrogens is 1. The van der Waals surface area contributed by atoms with Gasteiger partial charge in [-0.2, -0.15) is 18.2 Å². The maximum Gasteiger partial charge on any atom is 0.421 e. The first-order chi connectivity index (χ1) is 9.70. The Kier molecular flexibility index (Phi) is 5.12. The van der Waals surface area contributed by atoms with E-state index in [9.17, 15) is 27.9 Å². The van der Waals surface area contributed by atoms with Crippen molar-refractivity contribution in [2.75, 3.05) is 19.0 Å². The number of ketones is 1. The Balaban J connectivity index is 3.21. The van der Waals surface area contributed by atoms with Gasteiger partial charge in [-0.1, -0.05) is 0 Å². The summed E-state index contributed by atoms with van der Waals surface area (Å²) in [4.78, 5) is 26.4. The van der Waals surface area contributed by atoms with Crippen LogP contribution >= 0.6 is 0 Å². The molecule has 6 nitrogen and oxygen atoms in total. The molecule has 0 radical (unpaired) electrons. The van der Waals surface area contributed by atoms with Crippen LogP contribution in [-0.2, 0) is 15.7 Å². The van der Waals surface area contributed by atoms with Crippen LogP contribution in [-0.4, -0.2) is 35.5 Å². The zero-order chi connectivity index (χ0) is 16.2. The van der Waals surface area contributed by atoms with Gasteiger partial charge < -0.3 is 15.2 Å². The molecule has 0 fully saturated rings. The predicted octanol–water partition coefficient (Wildman–Crippen LogP) is 1.98. The van der Waals surface area contributed by atoms with E-state index < -0.39 is 41.4 Å². The molecule has 21 heavy (non-hydrogen) atoms. The summed E-state index contributed by atoms with van der Waals surface area (Å²) < 4.78 is 42.6. The molecule has 2 N–H and O–H groups in total. The maximum absolute atomic E-state index is 12.7. The molecule has 1 aromatic heterocycles. The van der Waals surface area contributed by atoms with Crippen LogP contribution < -0.4 is 5.32 Å². The van der Waals surface area contributed by atoms with Gasteiger partial charge in [0, 0.05) is 7.05 Å². The van der Waals surface area contributed by atoms with E-state index in [2.05, 4.69) is 15.0 Å². The summed E-state index contributed by atoms with van der Waals surface area (Å²) in [5.41, 5.74) is -1.90. The van der Waals surface area contributed by atoms with Crippen molar-refractivity contribution in [1.82, 2.24) is 4.98 Å². The SMILES string of the molecule is CCOC(=O)CC(=O)c1cc(C(F)(F)F)c(O)nc1NC. The number of Topliss-reactive ketones (excluding diaryl/α,β-unsaturated/α-hetero) is 1. The molecule has 116 valence electrons. The Labute approximate surface area is 117 Å². The minimum Gasteiger partial charge on any atom is -0.493 e. The van der Waals surface area contributed by atoms with Gasteiger partial charge in [-0.25, -0.2) is 0 Å². The summed E-state index contributed by atoms with van der Waals surface area (Å²) >= 11 is 0. The van der Waals surface area contributed by atoms with E-state index >= 15 is 0 Å². The first-order valence-electron chi connectivity index (χ1n) is 5.88. The van der Waals surface area contributed by atoms with Crippen molar-refractivity contribution < 1.29 is 32.6 Å². The zero-order valence-electron chi connectivity index (χ0n) is 11.2. The van der Waals surface area contributed by atoms with Gasteiger partial charge in [0.1, 0.15) is 17.8 Å². The number of anilines is 1. The largest absolute Gasteiger partial charge is 0.493 e. The lowest BCUT2D eigenvalue weighted by atomic mass is 10.1. The van der Waals surface area contributed by atoms with Gasteiger partial charge in [0.2, 0.25) is 5.88 Å². The molecule has 0 aliphatic rings. The highest BCUT2D eigenvalue weighted by Gasteiger charge is 2.36. The summed E-state index contributed by atoms with van der Waals surface area (Å²) in [7, 11) is 1.32. The number of rotatable bonds is 5. The first kappa shape index (κ1) is 16.7. The molecule has 0 aromatic carbocycles.